The summed E-state index contributed by atoms with van der Waals surface area (Å²) in [5, 5.41) is 6.58. The Morgan fingerprint density at radius 1 is 0.733 bits per heavy atom. The Bertz CT molecular complexity index is 2290. The molecule has 0 atom stereocenters. The van der Waals surface area contributed by atoms with E-state index in [-0.39, 0.29) is 23.0 Å². The number of halogens is 1. The van der Waals surface area contributed by atoms with Gasteiger partial charge in [-0.2, -0.15) is 0 Å². The maximum atomic E-state index is 14.7. The number of rotatable bonds is 21. The highest BCUT2D eigenvalue weighted by atomic mass is 35.5. The number of unbranched alkanes of at least 4 members (excludes halogenated alkanes) is 12. The lowest BCUT2D eigenvalue weighted by Gasteiger charge is -2.29. The third-order valence-corrected chi connectivity index (χ3v) is 11.4. The molecule has 60 heavy (non-hydrogen) atoms. The lowest BCUT2D eigenvalue weighted by atomic mass is 10.0. The molecule has 2 amide bonds. The molecule has 0 bridgehead atoms. The van der Waals surface area contributed by atoms with Crippen LogP contribution in [-0.2, 0) is 14.3 Å². The van der Waals surface area contributed by atoms with E-state index in [0.717, 1.165) is 43.6 Å². The molecule has 1 saturated heterocycles. The number of amides is 2. The number of anilines is 3. The fourth-order valence-corrected chi connectivity index (χ4v) is 7.83. The number of para-hydroxylation sites is 3. The van der Waals surface area contributed by atoms with Gasteiger partial charge in [0, 0.05) is 25.2 Å². The zero-order valence-electron chi connectivity index (χ0n) is 35.2. The number of hydrogen-bond donors (Lipinski definition) is 2. The Kier molecular flexibility index (Phi) is 16.9. The minimum Gasteiger partial charge on any atom is -0.378 e. The van der Waals surface area contributed by atoms with Crippen molar-refractivity contribution in [3.8, 4) is 5.69 Å². The van der Waals surface area contributed by atoms with Crippen LogP contribution in [0.4, 0.5) is 22.7 Å². The maximum Gasteiger partial charge on any atom is 0.278 e. The third-order valence-electron chi connectivity index (χ3n) is 11.0. The molecule has 2 heterocycles. The summed E-state index contributed by atoms with van der Waals surface area (Å²) in [6, 6.07) is 27.0. The third kappa shape index (κ3) is 12.1. The molecule has 6 rings (SSSR count). The summed E-state index contributed by atoms with van der Waals surface area (Å²) >= 11 is 6.52. The number of ether oxygens (including phenoxy) is 1. The topological polar surface area (TPSA) is 118 Å². The molecule has 0 radical (unpaired) electrons. The molecule has 1 aromatic heterocycles. The summed E-state index contributed by atoms with van der Waals surface area (Å²) in [5.74, 6) is -0.750. The summed E-state index contributed by atoms with van der Waals surface area (Å²) in [6.07, 6.45) is 16.3. The van der Waals surface area contributed by atoms with Crippen LogP contribution in [0.2, 0.25) is 5.02 Å². The average Bonchev–Trinajstić information content (AvgIpc) is 3.26. The quantitative estimate of drug-likeness (QED) is 0.0562. The van der Waals surface area contributed by atoms with Crippen LogP contribution >= 0.6 is 11.6 Å². The van der Waals surface area contributed by atoms with Crippen LogP contribution in [0, 0.1) is 6.92 Å². The van der Waals surface area contributed by atoms with Crippen LogP contribution in [-0.4, -0.2) is 53.4 Å². The van der Waals surface area contributed by atoms with E-state index in [1.807, 2.05) is 43.3 Å². The standard InChI is InChI=1S/C49H59ClN6O4/c1-3-4-5-6-7-8-9-10-11-12-13-14-18-28-44(57)51-43-27-21-24-39-45(43)54-47(56(49(39)59)37-22-16-15-17-23-37)46(48(58)53-42-26-20-19-25-40(42)50)52-41-30-29-38(35-36(41)2)55-31-33-60-34-32-55/h15-17,19-27,29-30,35H,3-14,18,28,31-34H2,1-2H3,(H,51,57)(H,53,58). The number of nitrogens with one attached hydrogen (secondary N) is 2. The van der Waals surface area contributed by atoms with Gasteiger partial charge in [-0.3, -0.25) is 19.0 Å². The summed E-state index contributed by atoms with van der Waals surface area (Å²) in [6.45, 7) is 7.04. The lowest BCUT2D eigenvalue weighted by Crippen LogP contribution is -2.36. The van der Waals surface area contributed by atoms with E-state index in [4.69, 9.17) is 26.3 Å². The molecular weight excluding hydrogens is 772 g/mol. The highest BCUT2D eigenvalue weighted by Crippen LogP contribution is 2.29. The second-order valence-electron chi connectivity index (χ2n) is 15.6. The van der Waals surface area contributed by atoms with Crippen molar-refractivity contribution in [2.75, 3.05) is 41.8 Å². The Balaban J connectivity index is 1.28. The van der Waals surface area contributed by atoms with Crippen molar-refractivity contribution in [3.05, 3.63) is 118 Å². The Labute approximate surface area is 359 Å². The van der Waals surface area contributed by atoms with Gasteiger partial charge in [-0.25, -0.2) is 9.98 Å². The van der Waals surface area contributed by atoms with Gasteiger partial charge in [0.2, 0.25) is 5.91 Å². The zero-order valence-corrected chi connectivity index (χ0v) is 35.9. The van der Waals surface area contributed by atoms with Gasteiger partial charge in [0.1, 0.15) is 5.52 Å². The van der Waals surface area contributed by atoms with Gasteiger partial charge in [0.05, 0.1) is 46.4 Å². The highest BCUT2D eigenvalue weighted by molar-refractivity contribution is 6.49. The number of aryl methyl sites for hydroxylation is 1. The van der Waals surface area contributed by atoms with Crippen LogP contribution < -0.4 is 21.1 Å². The van der Waals surface area contributed by atoms with E-state index in [1.165, 1.54) is 68.8 Å². The first-order valence-corrected chi connectivity index (χ1v) is 22.2. The molecular formula is C49H59ClN6O4. The van der Waals surface area contributed by atoms with Crippen LogP contribution in [0.5, 0.6) is 0 Å². The van der Waals surface area contributed by atoms with Crippen LogP contribution in [0.25, 0.3) is 16.6 Å². The van der Waals surface area contributed by atoms with E-state index in [0.29, 0.717) is 52.8 Å². The molecule has 2 N–H and O–H groups in total. The number of morpholine rings is 1. The monoisotopic (exact) mass is 830 g/mol. The molecule has 316 valence electrons. The zero-order chi connectivity index (χ0) is 42.1. The predicted octanol–water partition coefficient (Wildman–Crippen LogP) is 11.4. The number of carbonyl (C=O) groups is 2. The second-order valence-corrected chi connectivity index (χ2v) is 16.0. The highest BCUT2D eigenvalue weighted by Gasteiger charge is 2.26. The van der Waals surface area contributed by atoms with Crippen molar-refractivity contribution < 1.29 is 14.3 Å². The molecule has 0 spiro atoms. The van der Waals surface area contributed by atoms with Gasteiger partial charge in [-0.05, 0) is 73.5 Å². The van der Waals surface area contributed by atoms with Gasteiger partial charge in [-0.1, -0.05) is 132 Å². The van der Waals surface area contributed by atoms with Crippen molar-refractivity contribution in [1.82, 2.24) is 9.55 Å². The normalized spacial score (nSPS) is 13.1. The second kappa shape index (κ2) is 22.9. The molecule has 11 heteroatoms. The van der Waals surface area contributed by atoms with Crippen molar-refractivity contribution in [3.63, 3.8) is 0 Å². The molecule has 0 aliphatic carbocycles. The van der Waals surface area contributed by atoms with Crippen molar-refractivity contribution >= 4 is 62.8 Å². The fourth-order valence-electron chi connectivity index (χ4n) is 7.65. The lowest BCUT2D eigenvalue weighted by molar-refractivity contribution is -0.116. The summed E-state index contributed by atoms with van der Waals surface area (Å²) < 4.78 is 6.96. The SMILES string of the molecule is CCCCCCCCCCCCCCCC(=O)Nc1cccc2c(=O)n(-c3ccccc3)c(C(=Nc3ccc(N4CCOCC4)cc3C)C(=O)Nc3ccccc3Cl)nc12. The Hall–Kier alpha value is -5.32. The van der Waals surface area contributed by atoms with E-state index < -0.39 is 11.5 Å². The van der Waals surface area contributed by atoms with E-state index >= 15 is 0 Å². The molecule has 0 unspecified atom stereocenters. The molecule has 1 aliphatic rings. The molecule has 1 aliphatic heterocycles. The summed E-state index contributed by atoms with van der Waals surface area (Å²) in [4.78, 5) is 54.8. The van der Waals surface area contributed by atoms with Crippen molar-refractivity contribution in [2.24, 2.45) is 4.99 Å². The van der Waals surface area contributed by atoms with Crippen LogP contribution in [0.3, 0.4) is 0 Å². The van der Waals surface area contributed by atoms with Crippen LogP contribution in [0.15, 0.2) is 101 Å². The molecule has 10 nitrogen and oxygen atoms in total. The first-order valence-electron chi connectivity index (χ1n) is 21.8. The first kappa shape index (κ1) is 44.2. The number of fused-ring (bicyclic) bond motifs is 1. The van der Waals surface area contributed by atoms with Gasteiger partial charge in [-0.15, -0.1) is 0 Å². The number of carbonyl (C=O) groups excluding carboxylic acids is 2. The number of benzene rings is 4. The average molecular weight is 832 g/mol. The van der Waals surface area contributed by atoms with Gasteiger partial charge in [0.15, 0.2) is 11.5 Å². The van der Waals surface area contributed by atoms with Gasteiger partial charge < -0.3 is 20.3 Å². The Morgan fingerprint density at radius 2 is 1.37 bits per heavy atom. The fraction of sp³-hybridized carbons (Fsp3) is 0.408. The predicted molar refractivity (Wildman–Crippen MR) is 247 cm³/mol. The smallest absolute Gasteiger partial charge is 0.278 e. The first-order chi connectivity index (χ1) is 29.3. The van der Waals surface area contributed by atoms with E-state index in [9.17, 15) is 14.4 Å². The van der Waals surface area contributed by atoms with Gasteiger partial charge in [0.25, 0.3) is 11.5 Å². The largest absolute Gasteiger partial charge is 0.378 e. The minimum absolute atomic E-state index is 0.0121. The van der Waals surface area contributed by atoms with E-state index in [1.54, 1.807) is 54.6 Å². The summed E-state index contributed by atoms with van der Waals surface area (Å²) in [7, 11) is 0. The van der Waals surface area contributed by atoms with Crippen molar-refractivity contribution in [1.29, 1.82) is 0 Å². The number of nitrogens with zero attached hydrogens (tertiary/aromatic N) is 4. The molecule has 5 aromatic rings. The number of aliphatic imine (C=N–C) groups is 1. The van der Waals surface area contributed by atoms with Gasteiger partial charge >= 0.3 is 0 Å². The molecule has 0 saturated carbocycles. The Morgan fingerprint density at radius 3 is 2.03 bits per heavy atom. The van der Waals surface area contributed by atoms with E-state index in [2.05, 4.69) is 22.5 Å². The van der Waals surface area contributed by atoms with Crippen molar-refractivity contribution in [2.45, 2.75) is 104 Å². The van der Waals surface area contributed by atoms with Crippen LogP contribution in [0.1, 0.15) is 108 Å². The minimum atomic E-state index is -0.611. The number of aromatic nitrogens is 2. The molecule has 1 fully saturated rings. The number of hydrogen-bond acceptors (Lipinski definition) is 7. The maximum absolute atomic E-state index is 14.7. The summed E-state index contributed by atoms with van der Waals surface area (Å²) in [5.41, 5.74) is 3.42. The molecule has 4 aromatic carbocycles.